The average Bonchev–Trinajstić information content (AvgIpc) is 2.91. The topological polar surface area (TPSA) is 59.0 Å². The first-order chi connectivity index (χ1) is 10.5. The Kier molecular flexibility index (Phi) is 6.00. The van der Waals surface area contributed by atoms with E-state index in [1.807, 2.05) is 31.8 Å². The third-order valence-corrected chi connectivity index (χ3v) is 4.45. The van der Waals surface area contributed by atoms with Gasteiger partial charge in [-0.25, -0.2) is 0 Å². The van der Waals surface area contributed by atoms with Gasteiger partial charge in [0, 0.05) is 42.9 Å². The van der Waals surface area contributed by atoms with Crippen molar-refractivity contribution >= 4 is 5.91 Å². The molecule has 22 heavy (non-hydrogen) atoms. The number of hydrogen-bond donors (Lipinski definition) is 2. The molecule has 124 valence electrons. The Morgan fingerprint density at radius 2 is 2.23 bits per heavy atom. The van der Waals surface area contributed by atoms with Gasteiger partial charge < -0.3 is 10.6 Å². The Balaban J connectivity index is 1.92. The number of carbonyl (C=O) groups excluding carboxylic acids is 1. The number of hydrogen-bond acceptors (Lipinski definition) is 3. The predicted molar refractivity (Wildman–Crippen MR) is 88.4 cm³/mol. The second-order valence-electron chi connectivity index (χ2n) is 6.80. The maximum absolute atomic E-state index is 12.2. The van der Waals surface area contributed by atoms with Gasteiger partial charge in [0.25, 0.3) is 0 Å². The van der Waals surface area contributed by atoms with Crippen molar-refractivity contribution in [3.05, 3.63) is 18.0 Å². The summed E-state index contributed by atoms with van der Waals surface area (Å²) in [6.07, 6.45) is 9.28. The molecule has 2 rings (SSSR count). The quantitative estimate of drug-likeness (QED) is 0.849. The number of nitrogens with zero attached hydrogens (tertiary/aromatic N) is 2. The molecule has 5 heteroatoms. The molecule has 0 bridgehead atoms. The number of amides is 1. The largest absolute Gasteiger partial charge is 0.354 e. The zero-order valence-corrected chi connectivity index (χ0v) is 14.3. The zero-order valence-electron chi connectivity index (χ0n) is 14.3. The monoisotopic (exact) mass is 306 g/mol. The van der Waals surface area contributed by atoms with Gasteiger partial charge in [0.2, 0.25) is 5.91 Å². The minimum absolute atomic E-state index is 0.153. The van der Waals surface area contributed by atoms with Gasteiger partial charge in [-0.2, -0.15) is 5.10 Å². The molecule has 0 unspecified atom stereocenters. The molecule has 3 atom stereocenters. The van der Waals surface area contributed by atoms with E-state index in [9.17, 15) is 4.79 Å². The van der Waals surface area contributed by atoms with Gasteiger partial charge in [0.1, 0.15) is 0 Å². The molecule has 1 aromatic heterocycles. The lowest BCUT2D eigenvalue weighted by atomic mass is 9.84. The summed E-state index contributed by atoms with van der Waals surface area (Å²) in [4.78, 5) is 12.2. The molecule has 0 aliphatic heterocycles. The van der Waals surface area contributed by atoms with Gasteiger partial charge in [0.15, 0.2) is 0 Å². The Hall–Kier alpha value is -1.36. The van der Waals surface area contributed by atoms with E-state index in [0.717, 1.165) is 32.1 Å². The molecule has 1 saturated carbocycles. The number of nitrogens with one attached hydrogen (secondary N) is 2. The van der Waals surface area contributed by atoms with E-state index in [2.05, 4.69) is 28.9 Å². The van der Waals surface area contributed by atoms with E-state index in [4.69, 9.17) is 0 Å². The molecule has 2 N–H and O–H groups in total. The molecule has 0 spiro atoms. The van der Waals surface area contributed by atoms with Crippen LogP contribution in [0.4, 0.5) is 0 Å². The van der Waals surface area contributed by atoms with E-state index >= 15 is 0 Å². The fourth-order valence-corrected chi connectivity index (χ4v) is 3.34. The highest BCUT2D eigenvalue weighted by atomic mass is 16.1. The van der Waals surface area contributed by atoms with Crippen molar-refractivity contribution < 1.29 is 4.79 Å². The summed E-state index contributed by atoms with van der Waals surface area (Å²) in [6.45, 7) is 6.23. The third-order valence-electron chi connectivity index (χ3n) is 4.45. The van der Waals surface area contributed by atoms with Crippen molar-refractivity contribution in [2.24, 2.45) is 13.0 Å². The SMILES string of the molecule is CC[C@H](N[C@H]1CCC[C@@H](C(=O)NC(C)C)C1)c1cnn(C)c1. The Labute approximate surface area is 133 Å². The van der Waals surface area contributed by atoms with Crippen LogP contribution in [0.1, 0.15) is 64.5 Å². The van der Waals surface area contributed by atoms with Gasteiger partial charge >= 0.3 is 0 Å². The van der Waals surface area contributed by atoms with E-state index in [1.165, 1.54) is 5.56 Å². The van der Waals surface area contributed by atoms with E-state index in [1.54, 1.807) is 0 Å². The predicted octanol–water partition coefficient (Wildman–Crippen LogP) is 2.54. The first kappa shape index (κ1) is 17.0. The van der Waals surface area contributed by atoms with Crippen molar-refractivity contribution in [3.63, 3.8) is 0 Å². The van der Waals surface area contributed by atoms with Crippen LogP contribution in [0.15, 0.2) is 12.4 Å². The van der Waals surface area contributed by atoms with Crippen LogP contribution in [0.2, 0.25) is 0 Å². The van der Waals surface area contributed by atoms with Crippen LogP contribution in [0.5, 0.6) is 0 Å². The maximum atomic E-state index is 12.2. The number of rotatable bonds is 6. The third kappa shape index (κ3) is 4.57. The summed E-state index contributed by atoms with van der Waals surface area (Å²) in [5.41, 5.74) is 1.23. The van der Waals surface area contributed by atoms with Crippen LogP contribution in [0.25, 0.3) is 0 Å². The molecule has 1 aliphatic rings. The van der Waals surface area contributed by atoms with Crippen LogP contribution in [0, 0.1) is 5.92 Å². The molecule has 1 fully saturated rings. The molecule has 1 heterocycles. The molecular weight excluding hydrogens is 276 g/mol. The molecule has 0 radical (unpaired) electrons. The fraction of sp³-hybridized carbons (Fsp3) is 0.765. The highest BCUT2D eigenvalue weighted by Crippen LogP contribution is 2.27. The summed E-state index contributed by atoms with van der Waals surface area (Å²) in [6, 6.07) is 0.965. The average molecular weight is 306 g/mol. The number of carbonyl (C=O) groups is 1. The highest BCUT2D eigenvalue weighted by Gasteiger charge is 2.28. The molecular formula is C17H30N4O. The minimum Gasteiger partial charge on any atom is -0.354 e. The Bertz CT molecular complexity index is 483. The van der Waals surface area contributed by atoms with Crippen LogP contribution >= 0.6 is 0 Å². The molecule has 5 nitrogen and oxygen atoms in total. The first-order valence-corrected chi connectivity index (χ1v) is 8.54. The van der Waals surface area contributed by atoms with Crippen molar-refractivity contribution in [3.8, 4) is 0 Å². The molecule has 1 amide bonds. The molecule has 0 saturated heterocycles. The fourth-order valence-electron chi connectivity index (χ4n) is 3.34. The lowest BCUT2D eigenvalue weighted by Gasteiger charge is -2.32. The summed E-state index contributed by atoms with van der Waals surface area (Å²) in [7, 11) is 1.95. The van der Waals surface area contributed by atoms with Gasteiger partial charge in [0.05, 0.1) is 6.20 Å². The minimum atomic E-state index is 0.153. The van der Waals surface area contributed by atoms with Crippen molar-refractivity contribution in [1.82, 2.24) is 20.4 Å². The second-order valence-corrected chi connectivity index (χ2v) is 6.80. The zero-order chi connectivity index (χ0) is 16.1. The molecule has 1 aliphatic carbocycles. The molecule has 0 aromatic carbocycles. The Morgan fingerprint density at radius 3 is 2.82 bits per heavy atom. The van der Waals surface area contributed by atoms with E-state index in [-0.39, 0.29) is 17.9 Å². The lowest BCUT2D eigenvalue weighted by molar-refractivity contribution is -0.126. The lowest BCUT2D eigenvalue weighted by Crippen LogP contribution is -2.43. The number of aryl methyl sites for hydroxylation is 1. The summed E-state index contributed by atoms with van der Waals surface area (Å²) in [5, 5.41) is 11.1. The van der Waals surface area contributed by atoms with Crippen molar-refractivity contribution in [1.29, 1.82) is 0 Å². The van der Waals surface area contributed by atoms with E-state index in [0.29, 0.717) is 12.1 Å². The summed E-state index contributed by atoms with van der Waals surface area (Å²) < 4.78 is 1.85. The molecule has 1 aromatic rings. The second kappa shape index (κ2) is 7.77. The van der Waals surface area contributed by atoms with Crippen LogP contribution in [-0.4, -0.2) is 27.8 Å². The van der Waals surface area contributed by atoms with Gasteiger partial charge in [-0.15, -0.1) is 0 Å². The standard InChI is InChI=1S/C17H30N4O/c1-5-16(14-10-18-21(4)11-14)20-15-8-6-7-13(9-15)17(22)19-12(2)3/h10-13,15-16,20H,5-9H2,1-4H3,(H,19,22)/t13-,15+,16+/m1/s1. The van der Waals surface area contributed by atoms with Gasteiger partial charge in [-0.05, 0) is 39.5 Å². The maximum Gasteiger partial charge on any atom is 0.223 e. The van der Waals surface area contributed by atoms with Gasteiger partial charge in [-0.3, -0.25) is 9.48 Å². The Morgan fingerprint density at radius 1 is 1.45 bits per heavy atom. The highest BCUT2D eigenvalue weighted by molar-refractivity contribution is 5.79. The van der Waals surface area contributed by atoms with Crippen LogP contribution in [0.3, 0.4) is 0 Å². The van der Waals surface area contributed by atoms with Crippen LogP contribution < -0.4 is 10.6 Å². The smallest absolute Gasteiger partial charge is 0.223 e. The van der Waals surface area contributed by atoms with Gasteiger partial charge in [-0.1, -0.05) is 13.3 Å². The van der Waals surface area contributed by atoms with E-state index < -0.39 is 0 Å². The number of aromatic nitrogens is 2. The normalized spacial score (nSPS) is 23.5. The first-order valence-electron chi connectivity index (χ1n) is 8.54. The summed E-state index contributed by atoms with van der Waals surface area (Å²) in [5.74, 6) is 0.371. The van der Waals surface area contributed by atoms with Crippen molar-refractivity contribution in [2.75, 3.05) is 0 Å². The van der Waals surface area contributed by atoms with Crippen molar-refractivity contribution in [2.45, 2.75) is 71.0 Å². The summed E-state index contributed by atoms with van der Waals surface area (Å²) >= 11 is 0. The van der Waals surface area contributed by atoms with Crippen LogP contribution in [-0.2, 0) is 11.8 Å².